The van der Waals surface area contributed by atoms with Gasteiger partial charge in [-0.15, -0.1) is 10.2 Å². The molecule has 29 heavy (non-hydrogen) atoms. The fraction of sp³-hybridized carbons (Fsp3) is 0. The Kier molecular flexibility index (Phi) is 3.41. The third kappa shape index (κ3) is 2.43. The van der Waals surface area contributed by atoms with Crippen LogP contribution in [0.2, 0.25) is 0 Å². The highest BCUT2D eigenvalue weighted by atomic mass is 32.2. The van der Waals surface area contributed by atoms with Gasteiger partial charge in [0.05, 0.1) is 10.9 Å². The van der Waals surface area contributed by atoms with Crippen LogP contribution in [0.4, 0.5) is 0 Å². The molecule has 0 atom stereocenters. The van der Waals surface area contributed by atoms with E-state index in [9.17, 15) is 4.79 Å². The van der Waals surface area contributed by atoms with Crippen LogP contribution in [-0.2, 0) is 0 Å². The zero-order valence-electron chi connectivity index (χ0n) is 14.9. The third-order valence-corrected chi connectivity index (χ3v) is 5.77. The highest BCUT2D eigenvalue weighted by Crippen LogP contribution is 2.32. The van der Waals surface area contributed by atoms with Crippen molar-refractivity contribution in [2.24, 2.45) is 0 Å². The maximum atomic E-state index is 13.1. The van der Waals surface area contributed by atoms with E-state index < -0.39 is 0 Å². The van der Waals surface area contributed by atoms with Gasteiger partial charge in [-0.3, -0.25) is 9.20 Å². The summed E-state index contributed by atoms with van der Waals surface area (Å²) in [7, 11) is 0. The molecule has 6 aromatic rings. The van der Waals surface area contributed by atoms with Gasteiger partial charge in [0.25, 0.3) is 5.56 Å². The molecule has 0 saturated carbocycles. The second-order valence-corrected chi connectivity index (χ2v) is 7.49. The van der Waals surface area contributed by atoms with Crippen molar-refractivity contribution in [1.29, 1.82) is 0 Å². The molecule has 0 aliphatic carbocycles. The monoisotopic (exact) mass is 396 g/mol. The molecule has 7 nitrogen and oxygen atoms in total. The first-order chi connectivity index (χ1) is 14.3. The maximum Gasteiger partial charge on any atom is 0.282 e. The lowest BCUT2D eigenvalue weighted by atomic mass is 10.2. The Hall–Kier alpha value is -3.78. The Morgan fingerprint density at radius 2 is 1.55 bits per heavy atom. The summed E-state index contributed by atoms with van der Waals surface area (Å²) in [6.45, 7) is 0. The van der Waals surface area contributed by atoms with Crippen LogP contribution in [-0.4, -0.2) is 29.2 Å². The lowest BCUT2D eigenvalue weighted by Gasteiger charge is -2.09. The van der Waals surface area contributed by atoms with Crippen molar-refractivity contribution in [3.8, 4) is 0 Å². The molecule has 0 bridgehead atoms. The third-order valence-electron chi connectivity index (χ3n) is 4.81. The average Bonchev–Trinajstić information content (AvgIpc) is 3.18. The molecule has 0 unspecified atom stereocenters. The van der Waals surface area contributed by atoms with Crippen LogP contribution >= 0.6 is 11.8 Å². The minimum Gasteiger partial charge on any atom is -0.277 e. The zero-order valence-corrected chi connectivity index (χ0v) is 15.7. The van der Waals surface area contributed by atoms with Gasteiger partial charge in [-0.25, -0.2) is 4.98 Å². The molecule has 138 valence electrons. The lowest BCUT2D eigenvalue weighted by molar-refractivity contribution is 0.829. The Morgan fingerprint density at radius 3 is 2.45 bits per heavy atom. The van der Waals surface area contributed by atoms with E-state index in [2.05, 4.69) is 15.3 Å². The van der Waals surface area contributed by atoms with Crippen LogP contribution in [0.5, 0.6) is 0 Å². The topological polar surface area (TPSA) is 77.5 Å². The van der Waals surface area contributed by atoms with E-state index in [1.807, 2.05) is 71.3 Å². The van der Waals surface area contributed by atoms with E-state index in [1.54, 1.807) is 6.07 Å². The number of aromatic nitrogens is 6. The second-order valence-electron chi connectivity index (χ2n) is 6.53. The van der Waals surface area contributed by atoms with E-state index in [4.69, 9.17) is 4.98 Å². The van der Waals surface area contributed by atoms with Crippen LogP contribution in [0.15, 0.2) is 87.9 Å². The van der Waals surface area contributed by atoms with Crippen molar-refractivity contribution in [3.63, 3.8) is 0 Å². The molecule has 2 aromatic carbocycles. The SMILES string of the molecule is O=c1c2ccccc2nc2c3ccccc3c(Sc3nnc4ccccn34)nn12. The highest BCUT2D eigenvalue weighted by molar-refractivity contribution is 7.99. The number of benzene rings is 2. The number of para-hydroxylation sites is 1. The van der Waals surface area contributed by atoms with Gasteiger partial charge in [0.15, 0.2) is 11.3 Å². The number of hydrogen-bond donors (Lipinski definition) is 0. The van der Waals surface area contributed by atoms with Crippen LogP contribution in [0.1, 0.15) is 0 Å². The molecule has 0 N–H and O–H groups in total. The van der Waals surface area contributed by atoms with Gasteiger partial charge >= 0.3 is 0 Å². The smallest absolute Gasteiger partial charge is 0.277 e. The molecular formula is C21H12N6OS. The van der Waals surface area contributed by atoms with Crippen LogP contribution < -0.4 is 5.56 Å². The van der Waals surface area contributed by atoms with Crippen molar-refractivity contribution < 1.29 is 0 Å². The molecule has 6 rings (SSSR count). The quantitative estimate of drug-likeness (QED) is 0.329. The second kappa shape index (κ2) is 6.11. The minimum absolute atomic E-state index is 0.190. The van der Waals surface area contributed by atoms with Gasteiger partial charge in [0.2, 0.25) is 5.16 Å². The molecule has 0 aliphatic heterocycles. The molecule has 0 amide bonds. The molecular weight excluding hydrogens is 384 g/mol. The first kappa shape index (κ1) is 16.2. The first-order valence-electron chi connectivity index (χ1n) is 8.98. The van der Waals surface area contributed by atoms with E-state index in [0.717, 1.165) is 16.4 Å². The predicted molar refractivity (Wildman–Crippen MR) is 111 cm³/mol. The van der Waals surface area contributed by atoms with Crippen molar-refractivity contribution in [2.75, 3.05) is 0 Å². The Balaban J connectivity index is 1.68. The number of nitrogens with zero attached hydrogens (tertiary/aromatic N) is 6. The Labute approximate surface area is 167 Å². The number of hydrogen-bond acceptors (Lipinski definition) is 6. The van der Waals surface area contributed by atoms with E-state index in [1.165, 1.54) is 16.3 Å². The van der Waals surface area contributed by atoms with Crippen molar-refractivity contribution >= 4 is 44.7 Å². The summed E-state index contributed by atoms with van der Waals surface area (Å²) in [5, 5.41) is 16.8. The summed E-state index contributed by atoms with van der Waals surface area (Å²) in [5.74, 6) is 0. The van der Waals surface area contributed by atoms with Gasteiger partial charge in [-0.2, -0.15) is 9.61 Å². The van der Waals surface area contributed by atoms with Crippen molar-refractivity contribution in [3.05, 3.63) is 83.3 Å². The molecule has 0 spiro atoms. The summed E-state index contributed by atoms with van der Waals surface area (Å²) in [6.07, 6.45) is 1.90. The van der Waals surface area contributed by atoms with Gasteiger partial charge in [-0.05, 0) is 36.0 Å². The van der Waals surface area contributed by atoms with Crippen LogP contribution in [0.3, 0.4) is 0 Å². The summed E-state index contributed by atoms with van der Waals surface area (Å²) < 4.78 is 3.28. The first-order valence-corrected chi connectivity index (χ1v) is 9.79. The molecule has 0 aliphatic rings. The fourth-order valence-electron chi connectivity index (χ4n) is 3.45. The van der Waals surface area contributed by atoms with E-state index in [0.29, 0.717) is 26.7 Å². The largest absolute Gasteiger partial charge is 0.282 e. The molecule has 0 fully saturated rings. The summed E-state index contributed by atoms with van der Waals surface area (Å²) in [6, 6.07) is 20.9. The van der Waals surface area contributed by atoms with Crippen molar-refractivity contribution in [2.45, 2.75) is 10.2 Å². The molecule has 8 heteroatoms. The normalized spacial score (nSPS) is 11.7. The molecule has 0 radical (unpaired) electrons. The lowest BCUT2D eigenvalue weighted by Crippen LogP contribution is -2.18. The number of fused-ring (bicyclic) bond motifs is 5. The molecule has 0 saturated heterocycles. The van der Waals surface area contributed by atoms with Gasteiger partial charge in [0.1, 0.15) is 5.03 Å². The van der Waals surface area contributed by atoms with Crippen LogP contribution in [0, 0.1) is 0 Å². The van der Waals surface area contributed by atoms with Gasteiger partial charge in [-0.1, -0.05) is 42.5 Å². The summed E-state index contributed by atoms with van der Waals surface area (Å²) in [5.41, 5.74) is 1.77. The van der Waals surface area contributed by atoms with E-state index >= 15 is 0 Å². The highest BCUT2D eigenvalue weighted by Gasteiger charge is 2.16. The molecule has 4 aromatic heterocycles. The Bertz CT molecular complexity index is 1620. The predicted octanol–water partition coefficient (Wildman–Crippen LogP) is 3.59. The minimum atomic E-state index is -0.190. The maximum absolute atomic E-state index is 13.1. The standard InChI is InChI=1S/C21H12N6OS/c28-20-15-9-3-4-10-16(15)22-18-13-7-1-2-8-14(13)19(25-27(18)20)29-21-24-23-17-11-5-6-12-26(17)21/h1-12H. The van der Waals surface area contributed by atoms with Crippen LogP contribution in [0.25, 0.3) is 33.0 Å². The number of rotatable bonds is 2. The molecule has 4 heterocycles. The average molecular weight is 396 g/mol. The van der Waals surface area contributed by atoms with E-state index in [-0.39, 0.29) is 5.56 Å². The van der Waals surface area contributed by atoms with Gasteiger partial charge in [0, 0.05) is 17.0 Å². The van der Waals surface area contributed by atoms with Crippen molar-refractivity contribution in [1.82, 2.24) is 29.2 Å². The fourth-order valence-corrected chi connectivity index (χ4v) is 4.37. The zero-order chi connectivity index (χ0) is 19.4. The summed E-state index contributed by atoms with van der Waals surface area (Å²) >= 11 is 1.37. The number of pyridine rings is 1. The Morgan fingerprint density at radius 1 is 0.793 bits per heavy atom. The summed E-state index contributed by atoms with van der Waals surface area (Å²) in [4.78, 5) is 17.8. The van der Waals surface area contributed by atoms with Gasteiger partial charge < -0.3 is 0 Å².